The Morgan fingerprint density at radius 2 is 1.55 bits per heavy atom. The number of hydrogen-bond acceptors (Lipinski definition) is 11. The average Bonchev–Trinajstić information content (AvgIpc) is 3.83. The SMILES string of the molecule is C=C(C)[C@@]12C[C@@H](COC(=O)c3ccccc3)[C@@]34OC5(CCCCCCC[C@@H](C)[C@H]6[C@H](C)[C@H](OC(=O)c7ccccc7)[C@@](O)([C@H](O)[C@@]7(CO)O[C@H]7[C@H]3[C@H]1O5)[C@@H]64)O2. The number of carbonyl (C=O) groups is 2. The van der Waals surface area contributed by atoms with Gasteiger partial charge in [-0.2, -0.15) is 0 Å². The largest absolute Gasteiger partial charge is 0.462 e. The maximum Gasteiger partial charge on any atom is 0.338 e. The van der Waals surface area contributed by atoms with Crippen molar-refractivity contribution in [1.82, 2.24) is 0 Å². The van der Waals surface area contributed by atoms with Crippen molar-refractivity contribution in [2.45, 2.75) is 125 Å². The fourth-order valence-electron chi connectivity index (χ4n) is 12.4. The lowest BCUT2D eigenvalue weighted by molar-refractivity contribution is -0.439. The van der Waals surface area contributed by atoms with E-state index in [4.69, 9.17) is 28.4 Å². The number of aliphatic hydroxyl groups excluding tert-OH is 2. The van der Waals surface area contributed by atoms with Crippen LogP contribution in [0, 0.1) is 35.5 Å². The Labute approximate surface area is 322 Å². The van der Waals surface area contributed by atoms with Gasteiger partial charge in [-0.3, -0.25) is 0 Å². The third-order valence-electron chi connectivity index (χ3n) is 14.8. The summed E-state index contributed by atoms with van der Waals surface area (Å²) in [5, 5.41) is 37.9. The Morgan fingerprint density at radius 3 is 2.22 bits per heavy atom. The molecule has 0 radical (unpaired) electrons. The van der Waals surface area contributed by atoms with Gasteiger partial charge >= 0.3 is 11.9 Å². The van der Waals surface area contributed by atoms with Gasteiger partial charge in [0.1, 0.15) is 41.2 Å². The Kier molecular flexibility index (Phi) is 8.98. The van der Waals surface area contributed by atoms with Crippen molar-refractivity contribution >= 4 is 11.9 Å². The van der Waals surface area contributed by atoms with Crippen molar-refractivity contribution in [3.8, 4) is 0 Å². The minimum Gasteiger partial charge on any atom is -0.462 e. The fraction of sp³-hybridized carbons (Fsp3) is 0.636. The van der Waals surface area contributed by atoms with Crippen molar-refractivity contribution in [2.24, 2.45) is 35.5 Å². The van der Waals surface area contributed by atoms with Crippen LogP contribution in [0.15, 0.2) is 72.8 Å². The molecule has 11 nitrogen and oxygen atoms in total. The molecule has 296 valence electrons. The van der Waals surface area contributed by atoms with Crippen molar-refractivity contribution in [3.05, 3.63) is 83.9 Å². The van der Waals surface area contributed by atoms with E-state index in [0.717, 1.165) is 38.5 Å². The molecule has 7 fully saturated rings. The second-order valence-electron chi connectivity index (χ2n) is 17.7. The summed E-state index contributed by atoms with van der Waals surface area (Å²) < 4.78 is 40.9. The van der Waals surface area contributed by atoms with E-state index in [9.17, 15) is 24.9 Å². The quantitative estimate of drug-likeness (QED) is 0.190. The molecule has 4 saturated heterocycles. The second kappa shape index (κ2) is 13.2. The van der Waals surface area contributed by atoms with Gasteiger partial charge in [-0.1, -0.05) is 88.9 Å². The third-order valence-corrected chi connectivity index (χ3v) is 14.8. The number of ether oxygens (including phenoxy) is 6. The van der Waals surface area contributed by atoms with E-state index >= 15 is 0 Å². The van der Waals surface area contributed by atoms with Crippen molar-refractivity contribution in [1.29, 1.82) is 0 Å². The molecule has 2 aromatic rings. The summed E-state index contributed by atoms with van der Waals surface area (Å²) in [5.41, 5.74) is -4.87. The van der Waals surface area contributed by atoms with Gasteiger partial charge in [0, 0.05) is 24.2 Å². The highest BCUT2D eigenvalue weighted by Gasteiger charge is 2.90. The topological polar surface area (TPSA) is 154 Å². The van der Waals surface area contributed by atoms with Crippen LogP contribution in [-0.2, 0) is 28.4 Å². The first kappa shape index (κ1) is 37.4. The molecule has 0 aromatic heterocycles. The lowest BCUT2D eigenvalue weighted by Gasteiger charge is -2.62. The van der Waals surface area contributed by atoms with Crippen LogP contribution in [0.5, 0.6) is 0 Å². The predicted molar refractivity (Wildman–Crippen MR) is 197 cm³/mol. The van der Waals surface area contributed by atoms with Crippen molar-refractivity contribution < 1.29 is 53.3 Å². The number of benzene rings is 2. The number of epoxide rings is 1. The smallest absolute Gasteiger partial charge is 0.338 e. The molecule has 1 unspecified atom stereocenters. The summed E-state index contributed by atoms with van der Waals surface area (Å²) in [6.07, 6.45) is 1.85. The zero-order chi connectivity index (χ0) is 38.5. The first-order valence-corrected chi connectivity index (χ1v) is 20.3. The van der Waals surface area contributed by atoms with Crippen LogP contribution in [0.4, 0.5) is 0 Å². The Hall–Kier alpha value is -3.16. The molecule has 3 aliphatic carbocycles. The minimum atomic E-state index is -2.18. The van der Waals surface area contributed by atoms with Gasteiger partial charge in [-0.05, 0) is 67.4 Å². The molecule has 7 aliphatic rings. The van der Waals surface area contributed by atoms with E-state index in [1.807, 2.05) is 26.0 Å². The molecule has 15 atom stereocenters. The van der Waals surface area contributed by atoms with E-state index < -0.39 is 95.0 Å². The molecule has 11 heteroatoms. The molecule has 3 saturated carbocycles. The number of fused-ring (bicyclic) bond motifs is 1. The average molecular weight is 759 g/mol. The van der Waals surface area contributed by atoms with Crippen molar-refractivity contribution in [3.63, 3.8) is 0 Å². The van der Waals surface area contributed by atoms with Crippen LogP contribution in [0.25, 0.3) is 0 Å². The highest BCUT2D eigenvalue weighted by atomic mass is 16.9. The normalized spacial score (nSPS) is 46.6. The molecular weight excluding hydrogens is 704 g/mol. The summed E-state index contributed by atoms with van der Waals surface area (Å²) in [6.45, 7) is 9.79. The van der Waals surface area contributed by atoms with E-state index in [2.05, 4.69) is 13.5 Å². The van der Waals surface area contributed by atoms with E-state index in [1.165, 1.54) is 0 Å². The number of aliphatic hydroxyl groups is 3. The summed E-state index contributed by atoms with van der Waals surface area (Å²) in [6, 6.07) is 17.4. The maximum absolute atomic E-state index is 14.0. The van der Waals surface area contributed by atoms with Gasteiger partial charge < -0.3 is 43.7 Å². The highest BCUT2D eigenvalue weighted by molar-refractivity contribution is 5.90. The molecule has 55 heavy (non-hydrogen) atoms. The Morgan fingerprint density at radius 1 is 0.891 bits per heavy atom. The lowest BCUT2D eigenvalue weighted by Crippen LogP contribution is -2.74. The summed E-state index contributed by atoms with van der Waals surface area (Å²) in [5.74, 6) is -5.73. The van der Waals surface area contributed by atoms with Gasteiger partial charge in [0.15, 0.2) is 0 Å². The van der Waals surface area contributed by atoms with Crippen molar-refractivity contribution in [2.75, 3.05) is 13.2 Å². The molecule has 4 aliphatic heterocycles. The van der Waals surface area contributed by atoms with Gasteiger partial charge in [0.25, 0.3) is 5.97 Å². The number of hydrogen-bond donors (Lipinski definition) is 3. The molecule has 0 amide bonds. The van der Waals surface area contributed by atoms with Crippen LogP contribution >= 0.6 is 0 Å². The van der Waals surface area contributed by atoms with Crippen LogP contribution < -0.4 is 0 Å². The minimum absolute atomic E-state index is 0.0170. The van der Waals surface area contributed by atoms with E-state index in [1.54, 1.807) is 48.5 Å². The molecule has 9 rings (SSSR count). The first-order chi connectivity index (χ1) is 26.4. The molecule has 3 N–H and O–H groups in total. The van der Waals surface area contributed by atoms with Gasteiger partial charge in [-0.15, -0.1) is 0 Å². The molecule has 2 spiro atoms. The zero-order valence-electron chi connectivity index (χ0n) is 31.9. The molecule has 2 aromatic carbocycles. The van der Waals surface area contributed by atoms with Gasteiger partial charge in [0.2, 0.25) is 0 Å². The van der Waals surface area contributed by atoms with Gasteiger partial charge in [-0.25, -0.2) is 9.59 Å². The predicted octanol–water partition coefficient (Wildman–Crippen LogP) is 5.36. The summed E-state index contributed by atoms with van der Waals surface area (Å²) in [7, 11) is 0. The number of esters is 2. The van der Waals surface area contributed by atoms with Crippen LogP contribution in [0.1, 0.15) is 92.9 Å². The molecular formula is C44H54O11. The van der Waals surface area contributed by atoms with Crippen LogP contribution in [0.3, 0.4) is 0 Å². The van der Waals surface area contributed by atoms with Gasteiger partial charge in [0.05, 0.1) is 29.9 Å². The highest BCUT2D eigenvalue weighted by Crippen LogP contribution is 2.75. The van der Waals surface area contributed by atoms with E-state index in [0.29, 0.717) is 29.5 Å². The second-order valence-corrected chi connectivity index (χ2v) is 17.7. The fourth-order valence-corrected chi connectivity index (χ4v) is 12.4. The Bertz CT molecular complexity index is 1820. The molecule has 4 heterocycles. The maximum atomic E-state index is 14.0. The number of carbonyl (C=O) groups excluding carboxylic acids is 2. The molecule has 3 bridgehead atoms. The van der Waals surface area contributed by atoms with Crippen LogP contribution in [0.2, 0.25) is 0 Å². The van der Waals surface area contributed by atoms with E-state index in [-0.39, 0.29) is 18.4 Å². The monoisotopic (exact) mass is 758 g/mol. The third kappa shape index (κ3) is 5.19. The van der Waals surface area contributed by atoms with Crippen LogP contribution in [-0.4, -0.2) is 93.3 Å². The standard InChI is InChI=1S/C44H54O11/c1-25(2)40-22-30(23-50-37(46)28-17-11-8-12-18-28)44-32-35(40)53-42(54-40,55-44)21-15-7-5-6-10-16-26(3)31-27(4)34(51-38(47)29-19-13-9-14-20-29)43(49,33(31)44)39(48)41(24-45)36(32)52-41/h8-9,11-14,17-20,26-27,30-36,39,45,48-49H,1,5-7,10,15-16,21-24H2,2-4H3/t26-,27+,30+,31+,32-,33-,34+,35-,36+,39-,40+,41+,42?,43-,44-/m1/s1. The number of rotatable bonds is 7. The Balaban J connectivity index is 1.27. The zero-order valence-corrected chi connectivity index (χ0v) is 31.9. The summed E-state index contributed by atoms with van der Waals surface area (Å²) in [4.78, 5) is 27.7. The lowest BCUT2D eigenvalue weighted by atomic mass is 9.51. The first-order valence-electron chi connectivity index (χ1n) is 20.3. The summed E-state index contributed by atoms with van der Waals surface area (Å²) >= 11 is 0.